The highest BCUT2D eigenvalue weighted by Crippen LogP contribution is 2.13. The molecule has 0 radical (unpaired) electrons. The average molecular weight is 179 g/mol. The number of fused-ring (bicyclic) bond motifs is 1. The summed E-state index contributed by atoms with van der Waals surface area (Å²) in [5.41, 5.74) is 7.45. The molecule has 0 unspecified atom stereocenters. The Labute approximate surface area is 75.0 Å². The first-order valence-corrected chi connectivity index (χ1v) is 4.06. The first-order valence-electron chi connectivity index (χ1n) is 4.06. The summed E-state index contributed by atoms with van der Waals surface area (Å²) in [7, 11) is 0. The molecule has 2 aromatic heterocycles. The van der Waals surface area contributed by atoms with Crippen LogP contribution in [0.5, 0.6) is 0 Å². The molecular formula is C9H10FN3. The van der Waals surface area contributed by atoms with Crippen LogP contribution in [0.3, 0.4) is 0 Å². The lowest BCUT2D eigenvalue weighted by Gasteiger charge is -1.95. The number of nitrogens with zero attached hydrogens (tertiary/aromatic N) is 2. The van der Waals surface area contributed by atoms with Crippen LogP contribution < -0.4 is 5.73 Å². The fourth-order valence-corrected chi connectivity index (χ4v) is 1.39. The van der Waals surface area contributed by atoms with Gasteiger partial charge in [-0.1, -0.05) is 0 Å². The van der Waals surface area contributed by atoms with Gasteiger partial charge in [-0.05, 0) is 19.1 Å². The Balaban J connectivity index is 2.83. The van der Waals surface area contributed by atoms with E-state index in [0.29, 0.717) is 12.2 Å². The first-order chi connectivity index (χ1) is 6.24. The summed E-state index contributed by atoms with van der Waals surface area (Å²) in [6, 6.07) is 3.04. The Bertz CT molecular complexity index is 447. The van der Waals surface area contributed by atoms with Crippen molar-refractivity contribution in [1.82, 2.24) is 9.38 Å². The summed E-state index contributed by atoms with van der Waals surface area (Å²) < 4.78 is 14.9. The monoisotopic (exact) mass is 179 g/mol. The fourth-order valence-electron chi connectivity index (χ4n) is 1.39. The Morgan fingerprint density at radius 3 is 3.00 bits per heavy atom. The molecule has 68 valence electrons. The van der Waals surface area contributed by atoms with E-state index in [2.05, 4.69) is 4.98 Å². The molecule has 0 amide bonds. The predicted octanol–water partition coefficient (Wildman–Crippen LogP) is 1.24. The van der Waals surface area contributed by atoms with Crippen LogP contribution in [0.1, 0.15) is 11.4 Å². The van der Waals surface area contributed by atoms with Crippen LogP contribution in [0.2, 0.25) is 0 Å². The van der Waals surface area contributed by atoms with Gasteiger partial charge in [-0.15, -0.1) is 0 Å². The quantitative estimate of drug-likeness (QED) is 0.715. The minimum Gasteiger partial charge on any atom is -0.325 e. The minimum atomic E-state index is -0.315. The maximum atomic E-state index is 13.2. The van der Waals surface area contributed by atoms with Gasteiger partial charge < -0.3 is 10.1 Å². The van der Waals surface area contributed by atoms with E-state index < -0.39 is 0 Å². The maximum Gasteiger partial charge on any atom is 0.173 e. The molecule has 4 heteroatoms. The van der Waals surface area contributed by atoms with Gasteiger partial charge in [0, 0.05) is 18.4 Å². The molecule has 0 atom stereocenters. The molecule has 0 saturated carbocycles. The summed E-state index contributed by atoms with van der Waals surface area (Å²) in [6.45, 7) is 2.22. The van der Waals surface area contributed by atoms with Crippen LogP contribution in [0.15, 0.2) is 18.3 Å². The second-order valence-electron chi connectivity index (χ2n) is 2.90. The lowest BCUT2D eigenvalue weighted by Crippen LogP contribution is -1.98. The highest BCUT2D eigenvalue weighted by atomic mass is 19.1. The maximum absolute atomic E-state index is 13.2. The van der Waals surface area contributed by atoms with Crippen LogP contribution in [-0.2, 0) is 6.54 Å². The molecule has 2 aromatic rings. The standard InChI is InChI=1S/C9H10FN3/c1-6-8(5-11)12-9-7(10)3-2-4-13(6)9/h2-4H,5,11H2,1H3. The van der Waals surface area contributed by atoms with Gasteiger partial charge in [-0.3, -0.25) is 0 Å². The Morgan fingerprint density at radius 2 is 2.38 bits per heavy atom. The number of halogens is 1. The van der Waals surface area contributed by atoms with E-state index in [4.69, 9.17) is 5.73 Å². The normalized spacial score (nSPS) is 11.0. The van der Waals surface area contributed by atoms with Crippen molar-refractivity contribution in [2.75, 3.05) is 0 Å². The van der Waals surface area contributed by atoms with Gasteiger partial charge in [0.25, 0.3) is 0 Å². The van der Waals surface area contributed by atoms with E-state index in [0.717, 1.165) is 11.4 Å². The van der Waals surface area contributed by atoms with Crippen LogP contribution in [0, 0.1) is 12.7 Å². The second-order valence-corrected chi connectivity index (χ2v) is 2.90. The van der Waals surface area contributed by atoms with Crippen molar-refractivity contribution in [2.45, 2.75) is 13.5 Å². The summed E-state index contributed by atoms with van der Waals surface area (Å²) in [5.74, 6) is -0.315. The van der Waals surface area contributed by atoms with Crippen LogP contribution in [-0.4, -0.2) is 9.38 Å². The van der Waals surface area contributed by atoms with E-state index >= 15 is 0 Å². The van der Waals surface area contributed by atoms with Gasteiger partial charge in [-0.2, -0.15) is 0 Å². The third-order valence-corrected chi connectivity index (χ3v) is 2.13. The Hall–Kier alpha value is -1.42. The van der Waals surface area contributed by atoms with Crippen molar-refractivity contribution >= 4 is 5.65 Å². The van der Waals surface area contributed by atoms with Crippen LogP contribution >= 0.6 is 0 Å². The number of hydrogen-bond donors (Lipinski definition) is 1. The van der Waals surface area contributed by atoms with Crippen LogP contribution in [0.4, 0.5) is 4.39 Å². The number of nitrogens with two attached hydrogens (primary N) is 1. The molecule has 0 aliphatic heterocycles. The fraction of sp³-hybridized carbons (Fsp3) is 0.222. The molecule has 0 spiro atoms. The van der Waals surface area contributed by atoms with Crippen molar-refractivity contribution in [1.29, 1.82) is 0 Å². The molecule has 2 N–H and O–H groups in total. The average Bonchev–Trinajstić information content (AvgIpc) is 2.45. The molecule has 2 heterocycles. The first kappa shape index (κ1) is 8.19. The summed E-state index contributed by atoms with van der Waals surface area (Å²) in [5, 5.41) is 0. The topological polar surface area (TPSA) is 43.3 Å². The lowest BCUT2D eigenvalue weighted by atomic mass is 10.3. The Morgan fingerprint density at radius 1 is 1.62 bits per heavy atom. The summed E-state index contributed by atoms with van der Waals surface area (Å²) >= 11 is 0. The zero-order valence-corrected chi connectivity index (χ0v) is 7.29. The van der Waals surface area contributed by atoms with Gasteiger partial charge in [0.15, 0.2) is 11.5 Å². The van der Waals surface area contributed by atoms with Gasteiger partial charge in [0.2, 0.25) is 0 Å². The van der Waals surface area contributed by atoms with E-state index in [1.54, 1.807) is 16.7 Å². The molecule has 3 nitrogen and oxygen atoms in total. The van der Waals surface area contributed by atoms with E-state index in [1.165, 1.54) is 6.07 Å². The molecule has 0 aromatic carbocycles. The van der Waals surface area contributed by atoms with Crippen molar-refractivity contribution in [2.24, 2.45) is 5.73 Å². The zero-order chi connectivity index (χ0) is 9.42. The van der Waals surface area contributed by atoms with Crippen LogP contribution in [0.25, 0.3) is 5.65 Å². The van der Waals surface area contributed by atoms with Gasteiger partial charge in [0.05, 0.1) is 5.69 Å². The number of rotatable bonds is 1. The summed E-state index contributed by atoms with van der Waals surface area (Å²) in [4.78, 5) is 4.09. The highest BCUT2D eigenvalue weighted by molar-refractivity contribution is 5.44. The van der Waals surface area contributed by atoms with Crippen molar-refractivity contribution in [3.63, 3.8) is 0 Å². The lowest BCUT2D eigenvalue weighted by molar-refractivity contribution is 0.629. The van der Waals surface area contributed by atoms with E-state index in [9.17, 15) is 4.39 Å². The van der Waals surface area contributed by atoms with Crippen molar-refractivity contribution in [3.05, 3.63) is 35.5 Å². The number of aromatic nitrogens is 2. The molecule has 0 aliphatic rings. The number of hydrogen-bond acceptors (Lipinski definition) is 2. The van der Waals surface area contributed by atoms with Gasteiger partial charge in [0.1, 0.15) is 0 Å². The smallest absolute Gasteiger partial charge is 0.173 e. The van der Waals surface area contributed by atoms with Crippen molar-refractivity contribution < 1.29 is 4.39 Å². The van der Waals surface area contributed by atoms with E-state index in [-0.39, 0.29) is 5.82 Å². The molecular weight excluding hydrogens is 169 g/mol. The SMILES string of the molecule is Cc1c(CN)nc2c(F)cccn12. The molecule has 0 bridgehead atoms. The number of pyridine rings is 1. The van der Waals surface area contributed by atoms with Gasteiger partial charge >= 0.3 is 0 Å². The van der Waals surface area contributed by atoms with Gasteiger partial charge in [-0.25, -0.2) is 9.37 Å². The number of aryl methyl sites for hydroxylation is 1. The largest absolute Gasteiger partial charge is 0.325 e. The minimum absolute atomic E-state index is 0.315. The van der Waals surface area contributed by atoms with Crippen molar-refractivity contribution in [3.8, 4) is 0 Å². The molecule has 2 rings (SSSR count). The molecule has 0 saturated heterocycles. The molecule has 0 aliphatic carbocycles. The predicted molar refractivity (Wildman–Crippen MR) is 47.8 cm³/mol. The third-order valence-electron chi connectivity index (χ3n) is 2.13. The summed E-state index contributed by atoms with van der Waals surface area (Å²) in [6.07, 6.45) is 1.78. The van der Waals surface area contributed by atoms with E-state index in [1.807, 2.05) is 6.92 Å². The Kier molecular flexibility index (Phi) is 1.77. The third kappa shape index (κ3) is 1.10. The number of imidazole rings is 1. The highest BCUT2D eigenvalue weighted by Gasteiger charge is 2.08. The second kappa shape index (κ2) is 2.81. The molecule has 0 fully saturated rings. The zero-order valence-electron chi connectivity index (χ0n) is 7.29. The molecule has 13 heavy (non-hydrogen) atoms.